The number of hydrogen-bond acceptors (Lipinski definition) is 5. The standard InChI is InChI=1S/C8H8.C6H12O3.C2H6O2/c1-2-8-6-4-3-5-7-8;7-4-2-1-3-5(8)6(4)9;3-1-2-4/h2-7H,1H2;4-9H,1-3H2;3-4H,1-2H2. The number of aliphatic hydroxyl groups excluding tert-OH is 5. The quantitative estimate of drug-likeness (QED) is 0.549. The van der Waals surface area contributed by atoms with E-state index in [9.17, 15) is 0 Å². The fraction of sp³-hybridized carbons (Fsp3) is 0.500. The predicted molar refractivity (Wildman–Crippen MR) is 82.6 cm³/mol. The molecule has 5 nitrogen and oxygen atoms in total. The van der Waals surface area contributed by atoms with Gasteiger partial charge >= 0.3 is 0 Å². The topological polar surface area (TPSA) is 101 Å². The summed E-state index contributed by atoms with van der Waals surface area (Å²) in [5.74, 6) is 0. The van der Waals surface area contributed by atoms with Crippen molar-refractivity contribution < 1.29 is 25.5 Å². The SMILES string of the molecule is C=Cc1ccccc1.OC1CCCC(O)C1O.OCCO. The van der Waals surface area contributed by atoms with E-state index in [0.717, 1.165) is 6.42 Å². The zero-order valence-electron chi connectivity index (χ0n) is 12.2. The molecule has 0 heterocycles. The van der Waals surface area contributed by atoms with Crippen LogP contribution in [0.1, 0.15) is 24.8 Å². The molecule has 1 fully saturated rings. The second-order valence-electron chi connectivity index (χ2n) is 4.62. The maximum atomic E-state index is 8.95. The lowest BCUT2D eigenvalue weighted by atomic mass is 9.92. The van der Waals surface area contributed by atoms with E-state index in [1.165, 1.54) is 5.56 Å². The van der Waals surface area contributed by atoms with Crippen LogP contribution < -0.4 is 0 Å². The van der Waals surface area contributed by atoms with Crippen molar-refractivity contribution in [2.24, 2.45) is 0 Å². The Morgan fingerprint density at radius 1 is 0.952 bits per heavy atom. The Morgan fingerprint density at radius 3 is 1.71 bits per heavy atom. The van der Waals surface area contributed by atoms with Gasteiger partial charge in [-0.05, 0) is 24.8 Å². The molecule has 0 amide bonds. The summed E-state index contributed by atoms with van der Waals surface area (Å²) in [4.78, 5) is 0. The molecule has 0 saturated heterocycles. The maximum Gasteiger partial charge on any atom is 0.106 e. The summed E-state index contributed by atoms with van der Waals surface area (Å²) < 4.78 is 0. The van der Waals surface area contributed by atoms with Crippen LogP contribution in [0.5, 0.6) is 0 Å². The second-order valence-corrected chi connectivity index (χ2v) is 4.62. The highest BCUT2D eigenvalue weighted by atomic mass is 16.4. The highest BCUT2D eigenvalue weighted by Gasteiger charge is 2.28. The molecule has 5 heteroatoms. The molecule has 2 unspecified atom stereocenters. The lowest BCUT2D eigenvalue weighted by Crippen LogP contribution is -2.40. The number of rotatable bonds is 2. The first-order valence-corrected chi connectivity index (χ1v) is 7.00. The molecule has 0 radical (unpaired) electrons. The Bertz CT molecular complexity index is 343. The lowest BCUT2D eigenvalue weighted by molar-refractivity contribution is -0.0843. The van der Waals surface area contributed by atoms with E-state index in [4.69, 9.17) is 25.5 Å². The van der Waals surface area contributed by atoms with Crippen LogP contribution in [0.25, 0.3) is 6.08 Å². The minimum absolute atomic E-state index is 0.125. The van der Waals surface area contributed by atoms with Crippen LogP contribution in [0.4, 0.5) is 0 Å². The summed E-state index contributed by atoms with van der Waals surface area (Å²) in [6.45, 7) is 3.38. The summed E-state index contributed by atoms with van der Waals surface area (Å²) >= 11 is 0. The van der Waals surface area contributed by atoms with Crippen molar-refractivity contribution >= 4 is 6.08 Å². The van der Waals surface area contributed by atoms with Crippen LogP contribution in [0, 0.1) is 0 Å². The van der Waals surface area contributed by atoms with Crippen molar-refractivity contribution in [2.75, 3.05) is 13.2 Å². The van der Waals surface area contributed by atoms with Crippen LogP contribution in [0.15, 0.2) is 36.9 Å². The molecule has 1 aliphatic carbocycles. The lowest BCUT2D eigenvalue weighted by Gasteiger charge is -2.27. The van der Waals surface area contributed by atoms with E-state index in [0.29, 0.717) is 12.8 Å². The molecule has 0 spiro atoms. The Hall–Kier alpha value is -1.24. The minimum Gasteiger partial charge on any atom is -0.394 e. The van der Waals surface area contributed by atoms with Crippen molar-refractivity contribution in [1.82, 2.24) is 0 Å². The third-order valence-corrected chi connectivity index (χ3v) is 2.92. The van der Waals surface area contributed by atoms with Crippen molar-refractivity contribution in [3.8, 4) is 0 Å². The molecule has 0 bridgehead atoms. The van der Waals surface area contributed by atoms with Gasteiger partial charge in [0.2, 0.25) is 0 Å². The van der Waals surface area contributed by atoms with Crippen LogP contribution >= 0.6 is 0 Å². The van der Waals surface area contributed by atoms with Gasteiger partial charge in [-0.3, -0.25) is 0 Å². The molecule has 1 aliphatic rings. The second kappa shape index (κ2) is 12.5. The molecule has 1 aromatic carbocycles. The third-order valence-electron chi connectivity index (χ3n) is 2.92. The monoisotopic (exact) mass is 298 g/mol. The van der Waals surface area contributed by atoms with Gasteiger partial charge in [0.25, 0.3) is 0 Å². The van der Waals surface area contributed by atoms with Crippen LogP contribution in [0.3, 0.4) is 0 Å². The van der Waals surface area contributed by atoms with Gasteiger partial charge in [-0.1, -0.05) is 43.0 Å². The van der Waals surface area contributed by atoms with Gasteiger partial charge in [0, 0.05) is 0 Å². The predicted octanol–water partition coefficient (Wildman–Crippen LogP) is 0.554. The molecule has 120 valence electrons. The molecular weight excluding hydrogens is 272 g/mol. The van der Waals surface area contributed by atoms with E-state index < -0.39 is 18.3 Å². The maximum absolute atomic E-state index is 8.95. The fourth-order valence-corrected chi connectivity index (χ4v) is 1.72. The van der Waals surface area contributed by atoms with Gasteiger partial charge in [0.05, 0.1) is 25.4 Å². The molecule has 0 aromatic heterocycles. The molecule has 2 rings (SSSR count). The van der Waals surface area contributed by atoms with Crippen molar-refractivity contribution in [2.45, 2.75) is 37.6 Å². The molecule has 1 aromatic rings. The van der Waals surface area contributed by atoms with Crippen molar-refractivity contribution in [3.05, 3.63) is 42.5 Å². The van der Waals surface area contributed by atoms with Gasteiger partial charge in [-0.25, -0.2) is 0 Å². The zero-order valence-corrected chi connectivity index (χ0v) is 12.2. The summed E-state index contributed by atoms with van der Waals surface area (Å²) in [5.41, 5.74) is 1.17. The zero-order chi connectivity index (χ0) is 16.1. The average Bonchev–Trinajstić information content (AvgIpc) is 2.54. The van der Waals surface area contributed by atoms with Crippen LogP contribution in [-0.2, 0) is 0 Å². The minimum atomic E-state index is -0.918. The Morgan fingerprint density at radius 2 is 1.43 bits per heavy atom. The van der Waals surface area contributed by atoms with Crippen LogP contribution in [-0.4, -0.2) is 57.1 Å². The van der Waals surface area contributed by atoms with Gasteiger partial charge in [-0.2, -0.15) is 0 Å². The molecule has 5 N–H and O–H groups in total. The van der Waals surface area contributed by atoms with Gasteiger partial charge in [0.1, 0.15) is 6.10 Å². The largest absolute Gasteiger partial charge is 0.394 e. The molecular formula is C16H26O5. The molecule has 2 atom stereocenters. The van der Waals surface area contributed by atoms with E-state index in [-0.39, 0.29) is 13.2 Å². The first kappa shape index (κ1) is 19.8. The Kier molecular flexibility index (Phi) is 11.8. The third kappa shape index (κ3) is 9.33. The van der Waals surface area contributed by atoms with Gasteiger partial charge < -0.3 is 25.5 Å². The molecule has 1 saturated carbocycles. The number of hydrogen-bond donors (Lipinski definition) is 5. The van der Waals surface area contributed by atoms with Crippen molar-refractivity contribution in [3.63, 3.8) is 0 Å². The van der Waals surface area contributed by atoms with E-state index in [1.807, 2.05) is 36.4 Å². The van der Waals surface area contributed by atoms with Gasteiger partial charge in [-0.15, -0.1) is 0 Å². The summed E-state index contributed by atoms with van der Waals surface area (Å²) in [6.07, 6.45) is 1.51. The Labute approximate surface area is 125 Å². The van der Waals surface area contributed by atoms with Crippen LogP contribution in [0.2, 0.25) is 0 Å². The van der Waals surface area contributed by atoms with E-state index in [2.05, 4.69) is 6.58 Å². The highest BCUT2D eigenvalue weighted by molar-refractivity contribution is 5.45. The smallest absolute Gasteiger partial charge is 0.106 e. The normalized spacial score (nSPS) is 24.0. The van der Waals surface area contributed by atoms with Gasteiger partial charge in [0.15, 0.2) is 0 Å². The summed E-state index contributed by atoms with van der Waals surface area (Å²) in [5, 5.41) is 42.1. The summed E-state index contributed by atoms with van der Waals surface area (Å²) in [7, 11) is 0. The molecule has 0 aliphatic heterocycles. The fourth-order valence-electron chi connectivity index (χ4n) is 1.72. The van der Waals surface area contributed by atoms with Crippen molar-refractivity contribution in [1.29, 1.82) is 0 Å². The highest BCUT2D eigenvalue weighted by Crippen LogP contribution is 2.18. The van der Waals surface area contributed by atoms with E-state index in [1.54, 1.807) is 0 Å². The number of benzene rings is 1. The first-order valence-electron chi connectivity index (χ1n) is 7.00. The summed E-state index contributed by atoms with van der Waals surface area (Å²) in [6, 6.07) is 10.0. The molecule has 21 heavy (non-hydrogen) atoms. The average molecular weight is 298 g/mol. The number of aliphatic hydroxyl groups is 5. The first-order chi connectivity index (χ1) is 10.1. The Balaban J connectivity index is 0.000000308. The van der Waals surface area contributed by atoms with E-state index >= 15 is 0 Å².